The molecule has 6 nitrogen and oxygen atoms in total. The molecule has 0 fully saturated rings. The number of sulfonamides is 1. The number of hydrogen-bond donors (Lipinski definition) is 3. The molecule has 142 valence electrons. The van der Waals surface area contributed by atoms with E-state index in [1.807, 2.05) is 6.92 Å². The maximum Gasteiger partial charge on any atom is 0.262 e. The molecule has 0 aliphatic heterocycles. The van der Waals surface area contributed by atoms with E-state index in [0.29, 0.717) is 23.4 Å². The van der Waals surface area contributed by atoms with Crippen molar-refractivity contribution in [3.05, 3.63) is 54.1 Å². The Morgan fingerprint density at radius 3 is 2.38 bits per heavy atom. The highest BCUT2D eigenvalue weighted by atomic mass is 35.5. The first-order chi connectivity index (χ1) is 11.8. The fourth-order valence-corrected chi connectivity index (χ4v) is 3.60. The molecule has 0 aliphatic rings. The fourth-order valence-electron chi connectivity index (χ4n) is 2.27. The molecule has 4 N–H and O–H groups in total. The SMILES string of the molecule is Cc1ccc(NC(=O)CCC(C)N)cc1S(=O)(=O)Nc1ccccc1.Cl. The number of aryl methyl sites for hydroxylation is 1. The molecule has 8 heteroatoms. The summed E-state index contributed by atoms with van der Waals surface area (Å²) in [7, 11) is -3.75. The highest BCUT2D eigenvalue weighted by molar-refractivity contribution is 7.92. The summed E-state index contributed by atoms with van der Waals surface area (Å²) in [6, 6.07) is 13.4. The van der Waals surface area contributed by atoms with Crippen molar-refractivity contribution in [2.24, 2.45) is 5.73 Å². The van der Waals surface area contributed by atoms with Crippen LogP contribution in [-0.2, 0) is 14.8 Å². The third-order valence-electron chi connectivity index (χ3n) is 3.61. The number of para-hydroxylation sites is 1. The van der Waals surface area contributed by atoms with Crippen LogP contribution in [0.1, 0.15) is 25.3 Å². The number of amides is 1. The average Bonchev–Trinajstić information content (AvgIpc) is 2.55. The van der Waals surface area contributed by atoms with Gasteiger partial charge in [0, 0.05) is 23.8 Å². The van der Waals surface area contributed by atoms with Gasteiger partial charge in [-0.3, -0.25) is 9.52 Å². The second-order valence-electron chi connectivity index (χ2n) is 6.02. The van der Waals surface area contributed by atoms with E-state index >= 15 is 0 Å². The third-order valence-corrected chi connectivity index (χ3v) is 5.14. The van der Waals surface area contributed by atoms with Crippen LogP contribution in [-0.4, -0.2) is 20.4 Å². The zero-order chi connectivity index (χ0) is 18.4. The lowest BCUT2D eigenvalue weighted by Gasteiger charge is -2.13. The van der Waals surface area contributed by atoms with Gasteiger partial charge < -0.3 is 11.1 Å². The van der Waals surface area contributed by atoms with Crippen molar-refractivity contribution in [1.82, 2.24) is 0 Å². The van der Waals surface area contributed by atoms with Crippen LogP contribution in [0.4, 0.5) is 11.4 Å². The number of benzene rings is 2. The van der Waals surface area contributed by atoms with E-state index in [1.54, 1.807) is 49.4 Å². The largest absolute Gasteiger partial charge is 0.328 e. The predicted molar refractivity (Wildman–Crippen MR) is 107 cm³/mol. The molecule has 0 aliphatic carbocycles. The lowest BCUT2D eigenvalue weighted by Crippen LogP contribution is -2.20. The minimum absolute atomic E-state index is 0. The quantitative estimate of drug-likeness (QED) is 0.667. The molecule has 0 aromatic heterocycles. The van der Waals surface area contributed by atoms with Gasteiger partial charge in [-0.1, -0.05) is 24.3 Å². The Bertz CT molecular complexity index is 840. The van der Waals surface area contributed by atoms with Gasteiger partial charge in [0.25, 0.3) is 10.0 Å². The number of rotatable bonds is 7. The molecular weight excluding hydrogens is 374 g/mol. The first kappa shape index (κ1) is 22.0. The van der Waals surface area contributed by atoms with Gasteiger partial charge in [-0.05, 0) is 50.1 Å². The van der Waals surface area contributed by atoms with Crippen molar-refractivity contribution in [2.45, 2.75) is 37.6 Å². The van der Waals surface area contributed by atoms with Gasteiger partial charge in [0.2, 0.25) is 5.91 Å². The first-order valence-electron chi connectivity index (χ1n) is 8.02. The lowest BCUT2D eigenvalue weighted by molar-refractivity contribution is -0.116. The summed E-state index contributed by atoms with van der Waals surface area (Å²) < 4.78 is 27.8. The normalized spacial score (nSPS) is 12.0. The molecule has 2 aromatic carbocycles. The van der Waals surface area contributed by atoms with Crippen LogP contribution in [0.25, 0.3) is 0 Å². The van der Waals surface area contributed by atoms with Gasteiger partial charge in [0.15, 0.2) is 0 Å². The highest BCUT2D eigenvalue weighted by Gasteiger charge is 2.18. The molecule has 1 atom stereocenters. The third kappa shape index (κ3) is 6.33. The van der Waals surface area contributed by atoms with E-state index < -0.39 is 10.0 Å². The van der Waals surface area contributed by atoms with E-state index in [-0.39, 0.29) is 35.7 Å². The molecular formula is C18H24ClN3O3S. The Labute approximate surface area is 160 Å². The lowest BCUT2D eigenvalue weighted by atomic mass is 10.2. The Kier molecular flexibility index (Phi) is 8.08. The standard InChI is InChI=1S/C18H23N3O3S.ClH/c1-13-8-10-16(20-18(22)11-9-14(2)19)12-17(13)25(23,24)21-15-6-4-3-5-7-15;/h3-8,10,12,14,21H,9,11,19H2,1-2H3,(H,20,22);1H. The van der Waals surface area contributed by atoms with Crippen molar-refractivity contribution in [1.29, 1.82) is 0 Å². The summed E-state index contributed by atoms with van der Waals surface area (Å²) in [4.78, 5) is 12.0. The average molecular weight is 398 g/mol. The zero-order valence-electron chi connectivity index (χ0n) is 14.7. The molecule has 0 saturated carbocycles. The molecule has 26 heavy (non-hydrogen) atoms. The van der Waals surface area contributed by atoms with Crippen molar-refractivity contribution < 1.29 is 13.2 Å². The second kappa shape index (κ2) is 9.56. The maximum absolute atomic E-state index is 12.6. The zero-order valence-corrected chi connectivity index (χ0v) is 16.4. The minimum Gasteiger partial charge on any atom is -0.328 e. The first-order valence-corrected chi connectivity index (χ1v) is 9.50. The monoisotopic (exact) mass is 397 g/mol. The summed E-state index contributed by atoms with van der Waals surface area (Å²) >= 11 is 0. The summed E-state index contributed by atoms with van der Waals surface area (Å²) in [5, 5.41) is 2.71. The van der Waals surface area contributed by atoms with Crippen LogP contribution < -0.4 is 15.8 Å². The smallest absolute Gasteiger partial charge is 0.262 e. The molecule has 0 radical (unpaired) electrons. The minimum atomic E-state index is -3.75. The summed E-state index contributed by atoms with van der Waals surface area (Å²) in [5.74, 6) is -0.194. The van der Waals surface area contributed by atoms with Crippen molar-refractivity contribution in [3.63, 3.8) is 0 Å². The van der Waals surface area contributed by atoms with Gasteiger partial charge in [-0.15, -0.1) is 12.4 Å². The summed E-state index contributed by atoms with van der Waals surface area (Å²) in [6.07, 6.45) is 0.855. The molecule has 1 unspecified atom stereocenters. The number of anilines is 2. The number of carbonyl (C=O) groups excluding carboxylic acids is 1. The topological polar surface area (TPSA) is 101 Å². The van der Waals surface area contributed by atoms with Crippen molar-refractivity contribution >= 4 is 39.7 Å². The van der Waals surface area contributed by atoms with Crippen LogP contribution in [0.3, 0.4) is 0 Å². The van der Waals surface area contributed by atoms with Crippen LogP contribution in [0, 0.1) is 6.92 Å². The summed E-state index contributed by atoms with van der Waals surface area (Å²) in [6.45, 7) is 3.54. The van der Waals surface area contributed by atoms with E-state index in [2.05, 4.69) is 10.0 Å². The van der Waals surface area contributed by atoms with Crippen LogP contribution in [0.5, 0.6) is 0 Å². The second-order valence-corrected chi connectivity index (χ2v) is 7.67. The molecule has 0 spiro atoms. The van der Waals surface area contributed by atoms with Gasteiger partial charge >= 0.3 is 0 Å². The van der Waals surface area contributed by atoms with E-state index in [1.165, 1.54) is 6.07 Å². The molecule has 0 heterocycles. The molecule has 0 bridgehead atoms. The van der Waals surface area contributed by atoms with Crippen LogP contribution in [0.15, 0.2) is 53.4 Å². The Balaban J connectivity index is 0.00000338. The molecule has 2 aromatic rings. The number of carbonyl (C=O) groups is 1. The molecule has 0 saturated heterocycles. The van der Waals surface area contributed by atoms with E-state index in [4.69, 9.17) is 5.73 Å². The summed E-state index contributed by atoms with van der Waals surface area (Å²) in [5.41, 5.74) is 7.15. The van der Waals surface area contributed by atoms with Crippen molar-refractivity contribution in [2.75, 3.05) is 10.0 Å². The van der Waals surface area contributed by atoms with Gasteiger partial charge in [0.05, 0.1) is 4.90 Å². The van der Waals surface area contributed by atoms with Crippen LogP contribution in [0.2, 0.25) is 0 Å². The van der Waals surface area contributed by atoms with E-state index in [9.17, 15) is 13.2 Å². The fraction of sp³-hybridized carbons (Fsp3) is 0.278. The maximum atomic E-state index is 12.6. The number of hydrogen-bond acceptors (Lipinski definition) is 4. The van der Waals surface area contributed by atoms with Crippen LogP contribution >= 0.6 is 12.4 Å². The Hall–Kier alpha value is -2.09. The van der Waals surface area contributed by atoms with Crippen molar-refractivity contribution in [3.8, 4) is 0 Å². The van der Waals surface area contributed by atoms with Gasteiger partial charge in [-0.25, -0.2) is 8.42 Å². The van der Waals surface area contributed by atoms with Gasteiger partial charge in [0.1, 0.15) is 0 Å². The molecule has 2 rings (SSSR count). The number of nitrogens with one attached hydrogen (secondary N) is 2. The number of halogens is 1. The Morgan fingerprint density at radius 1 is 1.12 bits per heavy atom. The predicted octanol–water partition coefficient (Wildman–Crippen LogP) is 3.28. The number of nitrogens with two attached hydrogens (primary N) is 1. The highest BCUT2D eigenvalue weighted by Crippen LogP contribution is 2.23. The van der Waals surface area contributed by atoms with Gasteiger partial charge in [-0.2, -0.15) is 0 Å². The Morgan fingerprint density at radius 2 is 1.77 bits per heavy atom. The molecule has 1 amide bonds. The van der Waals surface area contributed by atoms with E-state index in [0.717, 1.165) is 0 Å².